The van der Waals surface area contributed by atoms with Gasteiger partial charge in [0.2, 0.25) is 0 Å². The molecule has 2 unspecified atom stereocenters. The Morgan fingerprint density at radius 2 is 0.900 bits per heavy atom. The summed E-state index contributed by atoms with van der Waals surface area (Å²) >= 11 is 0. The average molecular weight is 567 g/mol. The Labute approximate surface area is 244 Å². The lowest BCUT2D eigenvalue weighted by Gasteiger charge is -2.40. The highest BCUT2D eigenvalue weighted by molar-refractivity contribution is 7.72. The highest BCUT2D eigenvalue weighted by atomic mass is 31.1. The fraction of sp³-hybridized carbons (Fsp3) is 0.351. The second kappa shape index (κ2) is 10.4. The van der Waals surface area contributed by atoms with E-state index in [2.05, 4.69) is 154 Å². The van der Waals surface area contributed by atoms with Gasteiger partial charge >= 0.3 is 0 Å². The SMILES string of the molecule is CP(c1ccccc1)c1cc(C(C)(C)C)cc2c1Oc1c(P(C)c3ccccc3)cc(C(C)(C)C)cc1C2(C)C. The molecule has 1 aliphatic rings. The van der Waals surface area contributed by atoms with Crippen LogP contribution in [0.1, 0.15) is 77.6 Å². The van der Waals surface area contributed by atoms with Gasteiger partial charge in [0, 0.05) is 27.2 Å². The van der Waals surface area contributed by atoms with Crippen molar-refractivity contribution >= 4 is 37.1 Å². The molecular formula is C37H44OP2. The van der Waals surface area contributed by atoms with Crippen LogP contribution in [0.25, 0.3) is 0 Å². The highest BCUT2D eigenvalue weighted by Gasteiger charge is 2.40. The topological polar surface area (TPSA) is 9.23 Å². The second-order valence-corrected chi connectivity index (χ2v) is 18.0. The van der Waals surface area contributed by atoms with E-state index in [-0.39, 0.29) is 16.2 Å². The third-order valence-electron chi connectivity index (χ3n) is 8.43. The minimum atomic E-state index is -0.593. The van der Waals surface area contributed by atoms with E-state index < -0.39 is 15.8 Å². The number of rotatable bonds is 4. The Morgan fingerprint density at radius 3 is 1.23 bits per heavy atom. The molecule has 208 valence electrons. The largest absolute Gasteiger partial charge is 0.455 e. The van der Waals surface area contributed by atoms with Crippen molar-refractivity contribution in [2.45, 2.75) is 71.6 Å². The molecule has 0 aliphatic carbocycles. The zero-order valence-electron chi connectivity index (χ0n) is 25.9. The molecule has 0 saturated heterocycles. The number of fused-ring (bicyclic) bond motifs is 2. The van der Waals surface area contributed by atoms with Gasteiger partial charge in [-0.05, 0) is 73.9 Å². The molecule has 4 aromatic rings. The lowest BCUT2D eigenvalue weighted by atomic mass is 9.72. The van der Waals surface area contributed by atoms with Gasteiger partial charge < -0.3 is 4.74 Å². The quantitative estimate of drug-likeness (QED) is 0.224. The van der Waals surface area contributed by atoms with Crippen LogP contribution in [0.4, 0.5) is 0 Å². The Bertz CT molecular complexity index is 1410. The van der Waals surface area contributed by atoms with Crippen molar-refractivity contribution in [3.63, 3.8) is 0 Å². The van der Waals surface area contributed by atoms with E-state index in [9.17, 15) is 0 Å². The molecule has 0 amide bonds. The molecule has 3 heteroatoms. The number of hydrogen-bond donors (Lipinski definition) is 0. The van der Waals surface area contributed by atoms with Crippen LogP contribution in [-0.2, 0) is 16.2 Å². The van der Waals surface area contributed by atoms with Gasteiger partial charge in [-0.15, -0.1) is 0 Å². The molecule has 0 saturated carbocycles. The molecule has 0 bridgehead atoms. The Morgan fingerprint density at radius 1 is 0.550 bits per heavy atom. The van der Waals surface area contributed by atoms with E-state index in [0.29, 0.717) is 0 Å². The minimum Gasteiger partial charge on any atom is -0.455 e. The summed E-state index contributed by atoms with van der Waals surface area (Å²) in [5.41, 5.74) is 5.25. The van der Waals surface area contributed by atoms with E-state index in [4.69, 9.17) is 4.74 Å². The van der Waals surface area contributed by atoms with Crippen LogP contribution in [-0.4, -0.2) is 13.3 Å². The van der Waals surface area contributed by atoms with Crippen LogP contribution < -0.4 is 26.0 Å². The normalized spacial score (nSPS) is 15.9. The standard InChI is InChI=1S/C37H44OP2/c1-35(2,3)25-21-29-33(31(23-25)39(9)27-17-13-11-14-18-27)38-34-30(37(29,7)8)22-26(36(4,5)6)24-32(34)40(10)28-19-15-12-16-20-28/h11-24H,1-10H3. The van der Waals surface area contributed by atoms with Crippen LogP contribution in [0.2, 0.25) is 0 Å². The van der Waals surface area contributed by atoms with Crippen molar-refractivity contribution in [1.82, 2.24) is 0 Å². The van der Waals surface area contributed by atoms with E-state index in [0.717, 1.165) is 11.5 Å². The molecule has 1 aliphatic heterocycles. The van der Waals surface area contributed by atoms with Crippen LogP contribution in [0.15, 0.2) is 84.9 Å². The highest BCUT2D eigenvalue weighted by Crippen LogP contribution is 2.53. The van der Waals surface area contributed by atoms with Gasteiger partial charge in [-0.2, -0.15) is 0 Å². The third kappa shape index (κ3) is 5.29. The zero-order valence-corrected chi connectivity index (χ0v) is 27.7. The van der Waals surface area contributed by atoms with Gasteiger partial charge in [0.15, 0.2) is 0 Å². The average Bonchev–Trinajstić information content (AvgIpc) is 2.91. The summed E-state index contributed by atoms with van der Waals surface area (Å²) in [5.74, 6) is 2.15. The van der Waals surface area contributed by atoms with E-state index in [1.54, 1.807) is 0 Å². The first-order valence-electron chi connectivity index (χ1n) is 14.3. The molecule has 0 aromatic heterocycles. The molecule has 0 spiro atoms. The molecule has 0 radical (unpaired) electrons. The fourth-order valence-electron chi connectivity index (χ4n) is 5.56. The van der Waals surface area contributed by atoms with Crippen molar-refractivity contribution in [1.29, 1.82) is 0 Å². The predicted octanol–water partition coefficient (Wildman–Crippen LogP) is 8.84. The summed E-state index contributed by atoms with van der Waals surface area (Å²) in [6, 6.07) is 31.7. The van der Waals surface area contributed by atoms with E-state index >= 15 is 0 Å². The summed E-state index contributed by atoms with van der Waals surface area (Å²) < 4.78 is 7.23. The minimum absolute atomic E-state index is 0.0382. The lowest BCUT2D eigenvalue weighted by molar-refractivity contribution is 0.421. The maximum atomic E-state index is 7.23. The number of benzene rings is 4. The summed E-state index contributed by atoms with van der Waals surface area (Å²) in [4.78, 5) is 0. The van der Waals surface area contributed by atoms with Crippen LogP contribution in [0, 0.1) is 0 Å². The van der Waals surface area contributed by atoms with Gasteiger partial charge in [-0.1, -0.05) is 128 Å². The van der Waals surface area contributed by atoms with Crippen LogP contribution in [0.3, 0.4) is 0 Å². The van der Waals surface area contributed by atoms with Crippen molar-refractivity contribution in [3.05, 3.63) is 107 Å². The molecular weight excluding hydrogens is 522 g/mol. The molecule has 2 atom stereocenters. The molecule has 4 aromatic carbocycles. The predicted molar refractivity (Wildman–Crippen MR) is 180 cm³/mol. The summed E-state index contributed by atoms with van der Waals surface area (Å²) in [6.45, 7) is 23.5. The Kier molecular flexibility index (Phi) is 7.57. The first-order valence-corrected chi connectivity index (χ1v) is 17.9. The molecule has 5 rings (SSSR count). The molecule has 0 fully saturated rings. The van der Waals surface area contributed by atoms with Gasteiger partial charge in [-0.25, -0.2) is 0 Å². The Hall–Kier alpha value is -2.46. The molecule has 1 nitrogen and oxygen atoms in total. The second-order valence-electron chi connectivity index (χ2n) is 13.8. The van der Waals surface area contributed by atoms with Gasteiger partial charge in [0.05, 0.1) is 0 Å². The van der Waals surface area contributed by atoms with Crippen LogP contribution >= 0.6 is 15.8 Å². The summed E-state index contributed by atoms with van der Waals surface area (Å²) in [6.07, 6.45) is 0. The lowest BCUT2D eigenvalue weighted by Crippen LogP contribution is -2.33. The van der Waals surface area contributed by atoms with Gasteiger partial charge in [0.25, 0.3) is 0 Å². The first kappa shape index (κ1) is 29.0. The van der Waals surface area contributed by atoms with Gasteiger partial charge in [0.1, 0.15) is 11.5 Å². The summed E-state index contributed by atoms with van der Waals surface area (Å²) in [5, 5.41) is 5.44. The van der Waals surface area contributed by atoms with E-state index in [1.165, 1.54) is 43.5 Å². The van der Waals surface area contributed by atoms with Crippen molar-refractivity contribution in [3.8, 4) is 11.5 Å². The first-order chi connectivity index (χ1) is 18.7. The number of hydrogen-bond acceptors (Lipinski definition) is 1. The molecule has 40 heavy (non-hydrogen) atoms. The number of ether oxygens (including phenoxy) is 1. The smallest absolute Gasteiger partial charge is 0.139 e. The summed E-state index contributed by atoms with van der Waals surface area (Å²) in [7, 11) is -1.19. The van der Waals surface area contributed by atoms with Gasteiger partial charge in [-0.3, -0.25) is 0 Å². The molecule has 1 heterocycles. The molecule has 0 N–H and O–H groups in total. The van der Waals surface area contributed by atoms with E-state index in [1.807, 2.05) is 0 Å². The van der Waals surface area contributed by atoms with Crippen molar-refractivity contribution in [2.75, 3.05) is 13.3 Å². The Balaban J connectivity index is 1.80. The zero-order chi connectivity index (χ0) is 29.0. The monoisotopic (exact) mass is 566 g/mol. The maximum absolute atomic E-state index is 7.23. The fourth-order valence-corrected chi connectivity index (χ4v) is 8.96. The maximum Gasteiger partial charge on any atom is 0.139 e. The van der Waals surface area contributed by atoms with Crippen molar-refractivity contribution < 1.29 is 4.74 Å². The van der Waals surface area contributed by atoms with Crippen molar-refractivity contribution in [2.24, 2.45) is 0 Å². The third-order valence-corrected chi connectivity index (χ3v) is 12.7. The van der Waals surface area contributed by atoms with Crippen LogP contribution in [0.5, 0.6) is 11.5 Å².